The molecule has 1 heterocycles. The number of rotatable bonds is 3. The van der Waals surface area contributed by atoms with Gasteiger partial charge in [0.25, 0.3) is 0 Å². The molecule has 2 atom stereocenters. The fourth-order valence-corrected chi connectivity index (χ4v) is 2.44. The minimum absolute atomic E-state index is 0.185. The van der Waals surface area contributed by atoms with Crippen molar-refractivity contribution in [3.05, 3.63) is 47.1 Å². The van der Waals surface area contributed by atoms with Gasteiger partial charge in [0.15, 0.2) is 5.82 Å². The number of aliphatic hydroxyl groups is 1. The Kier molecular flexibility index (Phi) is 2.85. The number of aryl methyl sites for hydroxylation is 1. The van der Waals surface area contributed by atoms with Gasteiger partial charge in [-0.3, -0.25) is 0 Å². The molecule has 18 heavy (non-hydrogen) atoms. The van der Waals surface area contributed by atoms with Crippen molar-refractivity contribution in [3.8, 4) is 0 Å². The largest absolute Gasteiger partial charge is 0.394 e. The molecular formula is C13H15N3O2. The van der Waals surface area contributed by atoms with Crippen LogP contribution in [-0.2, 0) is 6.42 Å². The van der Waals surface area contributed by atoms with E-state index in [2.05, 4.69) is 22.3 Å². The Bertz CT molecular complexity index is 553. The summed E-state index contributed by atoms with van der Waals surface area (Å²) in [5.74, 6) is 1.15. The van der Waals surface area contributed by atoms with Crippen LogP contribution in [0.4, 0.5) is 0 Å². The first-order chi connectivity index (χ1) is 8.79. The summed E-state index contributed by atoms with van der Waals surface area (Å²) in [7, 11) is 0. The Morgan fingerprint density at radius 1 is 1.44 bits per heavy atom. The molecule has 1 aliphatic rings. The Labute approximate surface area is 105 Å². The first kappa shape index (κ1) is 11.4. The number of nitrogens with two attached hydrogens (primary N) is 1. The molecule has 0 saturated carbocycles. The van der Waals surface area contributed by atoms with Gasteiger partial charge in [0, 0.05) is 5.92 Å². The molecular weight excluding hydrogens is 230 g/mol. The Morgan fingerprint density at radius 2 is 2.28 bits per heavy atom. The lowest BCUT2D eigenvalue weighted by Crippen LogP contribution is -2.15. The van der Waals surface area contributed by atoms with Crippen molar-refractivity contribution in [3.63, 3.8) is 0 Å². The van der Waals surface area contributed by atoms with Crippen molar-refractivity contribution >= 4 is 0 Å². The molecule has 3 N–H and O–H groups in total. The molecule has 5 heteroatoms. The lowest BCUT2D eigenvalue weighted by atomic mass is 10.0. The van der Waals surface area contributed by atoms with Crippen molar-refractivity contribution < 1.29 is 9.63 Å². The van der Waals surface area contributed by atoms with Gasteiger partial charge < -0.3 is 15.4 Å². The normalized spacial score (nSPS) is 19.8. The molecule has 2 aromatic rings. The van der Waals surface area contributed by atoms with E-state index in [1.54, 1.807) is 0 Å². The maximum absolute atomic E-state index is 8.97. The van der Waals surface area contributed by atoms with Crippen molar-refractivity contribution in [1.29, 1.82) is 0 Å². The van der Waals surface area contributed by atoms with E-state index in [0.717, 1.165) is 12.8 Å². The van der Waals surface area contributed by atoms with Gasteiger partial charge in [0.1, 0.15) is 6.04 Å². The number of hydrogen-bond acceptors (Lipinski definition) is 5. The van der Waals surface area contributed by atoms with Crippen LogP contribution in [0.25, 0.3) is 0 Å². The topological polar surface area (TPSA) is 85.2 Å². The van der Waals surface area contributed by atoms with Crippen molar-refractivity contribution in [2.75, 3.05) is 6.61 Å². The van der Waals surface area contributed by atoms with E-state index in [1.807, 2.05) is 12.1 Å². The minimum atomic E-state index is -0.595. The van der Waals surface area contributed by atoms with Crippen LogP contribution in [0, 0.1) is 0 Å². The summed E-state index contributed by atoms with van der Waals surface area (Å²) in [6, 6.07) is 7.72. The summed E-state index contributed by atoms with van der Waals surface area (Å²) in [6.07, 6.45) is 2.03. The maximum atomic E-state index is 8.97. The van der Waals surface area contributed by atoms with Gasteiger partial charge in [0.2, 0.25) is 5.89 Å². The van der Waals surface area contributed by atoms with Crippen LogP contribution in [0.3, 0.4) is 0 Å². The van der Waals surface area contributed by atoms with Crippen molar-refractivity contribution in [2.24, 2.45) is 5.73 Å². The molecule has 1 unspecified atom stereocenters. The molecule has 0 radical (unpaired) electrons. The monoisotopic (exact) mass is 245 g/mol. The van der Waals surface area contributed by atoms with Crippen LogP contribution < -0.4 is 5.73 Å². The van der Waals surface area contributed by atoms with Crippen molar-refractivity contribution in [1.82, 2.24) is 10.1 Å². The lowest BCUT2D eigenvalue weighted by molar-refractivity contribution is 0.236. The Hall–Kier alpha value is -1.72. The average Bonchev–Trinajstić information content (AvgIpc) is 3.03. The second kappa shape index (κ2) is 4.51. The molecule has 0 bridgehead atoms. The van der Waals surface area contributed by atoms with E-state index in [-0.39, 0.29) is 12.5 Å². The standard InChI is InChI=1S/C13H15N3O2/c14-11(7-17)13-15-12(16-18-13)10-6-5-8-3-1-2-4-9(8)10/h1-4,10-11,17H,5-7,14H2/t10?,11-/m0/s1. The first-order valence-corrected chi connectivity index (χ1v) is 6.07. The van der Waals surface area contributed by atoms with E-state index < -0.39 is 6.04 Å². The molecule has 3 rings (SSSR count). The molecule has 0 fully saturated rings. The van der Waals surface area contributed by atoms with E-state index in [1.165, 1.54) is 11.1 Å². The maximum Gasteiger partial charge on any atom is 0.245 e. The van der Waals surface area contributed by atoms with E-state index in [4.69, 9.17) is 15.4 Å². The van der Waals surface area contributed by atoms with Gasteiger partial charge >= 0.3 is 0 Å². The smallest absolute Gasteiger partial charge is 0.245 e. The summed E-state index contributed by atoms with van der Waals surface area (Å²) in [5.41, 5.74) is 8.27. The number of benzene rings is 1. The van der Waals surface area contributed by atoms with E-state index in [0.29, 0.717) is 11.7 Å². The van der Waals surface area contributed by atoms with Crippen LogP contribution in [0.2, 0.25) is 0 Å². The van der Waals surface area contributed by atoms with Gasteiger partial charge in [-0.05, 0) is 24.0 Å². The van der Waals surface area contributed by atoms with Crippen molar-refractivity contribution in [2.45, 2.75) is 24.8 Å². The molecule has 0 amide bonds. The highest BCUT2D eigenvalue weighted by Crippen LogP contribution is 2.36. The van der Waals surface area contributed by atoms with Crippen LogP contribution in [-0.4, -0.2) is 21.9 Å². The summed E-state index contributed by atoms with van der Waals surface area (Å²) in [5, 5.41) is 13.0. The predicted octanol–water partition coefficient (Wildman–Crippen LogP) is 1.14. The molecule has 1 aromatic heterocycles. The third-order valence-electron chi connectivity index (χ3n) is 3.42. The molecule has 1 aliphatic carbocycles. The quantitative estimate of drug-likeness (QED) is 0.847. The number of aliphatic hydroxyl groups excluding tert-OH is 1. The summed E-state index contributed by atoms with van der Waals surface area (Å²) >= 11 is 0. The zero-order valence-corrected chi connectivity index (χ0v) is 9.91. The number of aromatic nitrogens is 2. The fraction of sp³-hybridized carbons (Fsp3) is 0.385. The molecule has 94 valence electrons. The molecule has 0 aliphatic heterocycles. The summed E-state index contributed by atoms with van der Waals surface area (Å²) in [6.45, 7) is -0.192. The Morgan fingerprint density at radius 3 is 3.11 bits per heavy atom. The van der Waals surface area contributed by atoms with Crippen LogP contribution in [0.15, 0.2) is 28.8 Å². The lowest BCUT2D eigenvalue weighted by Gasteiger charge is -2.05. The highest BCUT2D eigenvalue weighted by Gasteiger charge is 2.28. The minimum Gasteiger partial charge on any atom is -0.394 e. The predicted molar refractivity (Wildman–Crippen MR) is 64.9 cm³/mol. The highest BCUT2D eigenvalue weighted by molar-refractivity contribution is 5.38. The summed E-state index contributed by atoms with van der Waals surface area (Å²) in [4.78, 5) is 4.30. The number of nitrogens with zero attached hydrogens (tertiary/aromatic N) is 2. The first-order valence-electron chi connectivity index (χ1n) is 6.07. The molecule has 0 saturated heterocycles. The van der Waals surface area contributed by atoms with E-state index in [9.17, 15) is 0 Å². The molecule has 1 aromatic carbocycles. The second-order valence-corrected chi connectivity index (χ2v) is 4.57. The third-order valence-corrected chi connectivity index (χ3v) is 3.42. The zero-order valence-electron chi connectivity index (χ0n) is 9.91. The summed E-state index contributed by atoms with van der Waals surface area (Å²) < 4.78 is 5.10. The highest BCUT2D eigenvalue weighted by atomic mass is 16.5. The third kappa shape index (κ3) is 1.81. The average molecular weight is 245 g/mol. The molecule has 5 nitrogen and oxygen atoms in total. The fourth-order valence-electron chi connectivity index (χ4n) is 2.44. The van der Waals surface area contributed by atoms with Gasteiger partial charge in [-0.1, -0.05) is 29.4 Å². The van der Waals surface area contributed by atoms with Crippen LogP contribution >= 0.6 is 0 Å². The van der Waals surface area contributed by atoms with Crippen LogP contribution in [0.5, 0.6) is 0 Å². The number of fused-ring (bicyclic) bond motifs is 1. The SMILES string of the molecule is N[C@@H](CO)c1nc(C2CCc3ccccc32)no1. The van der Waals surface area contributed by atoms with Gasteiger partial charge in [-0.25, -0.2) is 0 Å². The Balaban J connectivity index is 1.91. The van der Waals surface area contributed by atoms with E-state index >= 15 is 0 Å². The van der Waals surface area contributed by atoms with Gasteiger partial charge in [-0.2, -0.15) is 4.98 Å². The van der Waals surface area contributed by atoms with Gasteiger partial charge in [0.05, 0.1) is 6.61 Å². The number of hydrogen-bond donors (Lipinski definition) is 2. The van der Waals surface area contributed by atoms with Crippen LogP contribution in [0.1, 0.15) is 41.2 Å². The zero-order chi connectivity index (χ0) is 12.5. The van der Waals surface area contributed by atoms with Gasteiger partial charge in [-0.15, -0.1) is 0 Å². The molecule has 0 spiro atoms. The second-order valence-electron chi connectivity index (χ2n) is 4.57.